The van der Waals surface area contributed by atoms with Crippen LogP contribution in [0.5, 0.6) is 0 Å². The number of nitrogens with zero attached hydrogens (tertiary/aromatic N) is 1. The Morgan fingerprint density at radius 1 is 0.864 bits per heavy atom. The van der Waals surface area contributed by atoms with Crippen molar-refractivity contribution in [2.45, 2.75) is 72.1 Å². The quantitative estimate of drug-likeness (QED) is 0.282. The van der Waals surface area contributed by atoms with Crippen LogP contribution in [0.4, 0.5) is 0 Å². The van der Waals surface area contributed by atoms with Crippen LogP contribution in [0.15, 0.2) is 11.8 Å². The maximum Gasteiger partial charge on any atom is 0.359 e. The minimum absolute atomic E-state index is 0.104. The van der Waals surface area contributed by atoms with Crippen molar-refractivity contribution in [1.29, 1.82) is 0 Å². The zero-order chi connectivity index (χ0) is 16.8. The smallest absolute Gasteiger partial charge is 0.359 e. The molecule has 130 valence electrons. The molecule has 0 rings (SSSR count). The van der Waals surface area contributed by atoms with Crippen molar-refractivity contribution in [3.8, 4) is 0 Å². The lowest BCUT2D eigenvalue weighted by atomic mass is 10.1. The van der Waals surface area contributed by atoms with Crippen molar-refractivity contribution in [3.63, 3.8) is 0 Å². The van der Waals surface area contributed by atoms with Gasteiger partial charge in [0.25, 0.3) is 0 Å². The number of hydrogen-bond donors (Lipinski definition) is 2. The molecule has 0 aliphatic heterocycles. The minimum atomic E-state index is -0.772. The highest BCUT2D eigenvalue weighted by molar-refractivity contribution is 5.68. The third-order valence-electron chi connectivity index (χ3n) is 4.13. The number of allylic oxidation sites excluding steroid dienone is 1. The van der Waals surface area contributed by atoms with Gasteiger partial charge in [-0.25, -0.2) is 4.79 Å². The lowest BCUT2D eigenvalue weighted by molar-refractivity contribution is -0.918. The third-order valence-corrected chi connectivity index (χ3v) is 4.13. The Kier molecular flexibility index (Phi) is 11.9. The number of aliphatic carboxylic acids is 1. The van der Waals surface area contributed by atoms with Crippen LogP contribution in [0.1, 0.15) is 72.1 Å². The van der Waals surface area contributed by atoms with Crippen molar-refractivity contribution in [2.24, 2.45) is 0 Å². The van der Waals surface area contributed by atoms with Gasteiger partial charge in [-0.2, -0.15) is 0 Å². The van der Waals surface area contributed by atoms with Gasteiger partial charge in [0.15, 0.2) is 6.54 Å². The zero-order valence-electron chi connectivity index (χ0n) is 14.8. The number of aliphatic hydroxyl groups is 1. The highest BCUT2D eigenvalue weighted by Crippen LogP contribution is 2.16. The third kappa shape index (κ3) is 9.82. The number of aliphatic hydroxyl groups excluding tert-OH is 1. The first kappa shape index (κ1) is 21.0. The van der Waals surface area contributed by atoms with E-state index < -0.39 is 5.97 Å². The second kappa shape index (κ2) is 12.5. The Labute approximate surface area is 136 Å². The molecule has 0 saturated carbocycles. The molecule has 0 aliphatic carbocycles. The molecular weight excluding hydrogens is 278 g/mol. The molecule has 0 heterocycles. The maximum absolute atomic E-state index is 11.3. The molecule has 0 atom stereocenters. The summed E-state index contributed by atoms with van der Waals surface area (Å²) in [5.74, 6) is -0.407. The van der Waals surface area contributed by atoms with E-state index in [0.29, 0.717) is 16.8 Å². The van der Waals surface area contributed by atoms with Crippen LogP contribution in [0, 0.1) is 0 Å². The largest absolute Gasteiger partial charge is 0.507 e. The SMILES string of the molecule is CCCCC/C=C(\O)C[N+](CCCC)(CCCC)CC(=O)O. The summed E-state index contributed by atoms with van der Waals surface area (Å²) in [7, 11) is 0. The number of hydrogen-bond acceptors (Lipinski definition) is 2. The van der Waals surface area contributed by atoms with Gasteiger partial charge in [0.2, 0.25) is 0 Å². The van der Waals surface area contributed by atoms with Gasteiger partial charge in [0, 0.05) is 0 Å². The Morgan fingerprint density at radius 2 is 1.41 bits per heavy atom. The summed E-state index contributed by atoms with van der Waals surface area (Å²) < 4.78 is 0.479. The van der Waals surface area contributed by atoms with Crippen molar-refractivity contribution in [3.05, 3.63) is 11.8 Å². The van der Waals surface area contributed by atoms with Crippen LogP contribution < -0.4 is 0 Å². The monoisotopic (exact) mass is 314 g/mol. The van der Waals surface area contributed by atoms with E-state index in [1.54, 1.807) is 0 Å². The van der Waals surface area contributed by atoms with Crippen LogP contribution >= 0.6 is 0 Å². The van der Waals surface area contributed by atoms with Gasteiger partial charge in [0.05, 0.1) is 13.1 Å². The summed E-state index contributed by atoms with van der Waals surface area (Å²) in [6.45, 7) is 8.62. The van der Waals surface area contributed by atoms with Crippen molar-refractivity contribution in [1.82, 2.24) is 0 Å². The molecule has 2 N–H and O–H groups in total. The number of unbranched alkanes of at least 4 members (excludes halogenated alkanes) is 5. The Balaban J connectivity index is 4.86. The number of rotatable bonds is 14. The van der Waals surface area contributed by atoms with Crippen LogP contribution in [0.2, 0.25) is 0 Å². The van der Waals surface area contributed by atoms with Gasteiger partial charge in [-0.05, 0) is 31.8 Å². The number of carboxylic acid groups (broad SMARTS) is 1. The van der Waals surface area contributed by atoms with Crippen LogP contribution in [-0.4, -0.2) is 46.8 Å². The van der Waals surface area contributed by atoms with Gasteiger partial charge >= 0.3 is 5.97 Å². The highest BCUT2D eigenvalue weighted by Gasteiger charge is 2.30. The molecule has 0 aromatic heterocycles. The van der Waals surface area contributed by atoms with Gasteiger partial charge in [-0.3, -0.25) is 0 Å². The standard InChI is InChI=1S/C18H35NO3/c1-4-7-10-11-12-17(20)15-19(13-8-5-2,14-9-6-3)16-18(21)22/h12H,4-11,13-16H2,1-3H3,(H-,20,21,22)/p+1/b17-12-. The maximum atomic E-state index is 11.3. The van der Waals surface area contributed by atoms with E-state index in [0.717, 1.165) is 51.6 Å². The molecule has 0 saturated heterocycles. The molecule has 0 fully saturated rings. The average molecular weight is 314 g/mol. The van der Waals surface area contributed by atoms with Crippen LogP contribution in [0.25, 0.3) is 0 Å². The van der Waals surface area contributed by atoms with Crippen molar-refractivity contribution in [2.75, 3.05) is 26.2 Å². The molecule has 0 bridgehead atoms. The van der Waals surface area contributed by atoms with E-state index in [9.17, 15) is 15.0 Å². The lowest BCUT2D eigenvalue weighted by Crippen LogP contribution is -2.53. The summed E-state index contributed by atoms with van der Waals surface area (Å²) in [6.07, 6.45) is 10.3. The topological polar surface area (TPSA) is 57.5 Å². The molecular formula is C18H36NO3+. The lowest BCUT2D eigenvalue weighted by Gasteiger charge is -2.37. The Morgan fingerprint density at radius 3 is 1.86 bits per heavy atom. The number of quaternary nitrogens is 1. The predicted octanol–water partition coefficient (Wildman–Crippen LogP) is 4.51. The zero-order valence-corrected chi connectivity index (χ0v) is 14.8. The van der Waals surface area contributed by atoms with Crippen molar-refractivity contribution < 1.29 is 19.5 Å². The average Bonchev–Trinajstić information content (AvgIpc) is 2.47. The second-order valence-electron chi connectivity index (χ2n) is 6.40. The van der Waals surface area contributed by atoms with E-state index >= 15 is 0 Å². The first-order valence-corrected chi connectivity index (χ1v) is 8.94. The van der Waals surface area contributed by atoms with E-state index in [-0.39, 0.29) is 6.54 Å². The summed E-state index contributed by atoms with van der Waals surface area (Å²) >= 11 is 0. The predicted molar refractivity (Wildman–Crippen MR) is 92.0 cm³/mol. The first-order chi connectivity index (χ1) is 10.5. The molecule has 4 nitrogen and oxygen atoms in total. The Bertz CT molecular complexity index is 318. The van der Waals surface area contributed by atoms with E-state index in [2.05, 4.69) is 20.8 Å². The Hall–Kier alpha value is -1.03. The van der Waals surface area contributed by atoms with Gasteiger partial charge < -0.3 is 14.7 Å². The fourth-order valence-corrected chi connectivity index (χ4v) is 2.83. The fourth-order valence-electron chi connectivity index (χ4n) is 2.83. The summed E-state index contributed by atoms with van der Waals surface area (Å²) in [4.78, 5) is 11.3. The van der Waals surface area contributed by atoms with Crippen molar-refractivity contribution >= 4 is 5.97 Å². The van der Waals surface area contributed by atoms with Crippen LogP contribution in [0.3, 0.4) is 0 Å². The molecule has 0 radical (unpaired) electrons. The molecule has 0 amide bonds. The normalized spacial score (nSPS) is 12.6. The van der Waals surface area contributed by atoms with Gasteiger partial charge in [-0.15, -0.1) is 0 Å². The molecule has 0 aliphatic rings. The number of carboxylic acids is 1. The molecule has 0 spiro atoms. The van der Waals surface area contributed by atoms with Gasteiger partial charge in [-0.1, -0.05) is 46.5 Å². The summed E-state index contributed by atoms with van der Waals surface area (Å²) in [6, 6.07) is 0. The number of carbonyl (C=O) groups is 1. The summed E-state index contributed by atoms with van der Waals surface area (Å²) in [5.41, 5.74) is 0. The highest BCUT2D eigenvalue weighted by atomic mass is 16.4. The van der Waals surface area contributed by atoms with E-state index in [4.69, 9.17) is 0 Å². The molecule has 4 heteroatoms. The summed E-state index contributed by atoms with van der Waals surface area (Å²) in [5, 5.41) is 19.5. The second-order valence-corrected chi connectivity index (χ2v) is 6.40. The molecule has 0 aromatic rings. The minimum Gasteiger partial charge on any atom is -0.507 e. The molecule has 22 heavy (non-hydrogen) atoms. The first-order valence-electron chi connectivity index (χ1n) is 8.94. The fraction of sp³-hybridized carbons (Fsp3) is 0.833. The van der Waals surface area contributed by atoms with E-state index in [1.165, 1.54) is 12.8 Å². The van der Waals surface area contributed by atoms with Gasteiger partial charge in [0.1, 0.15) is 12.3 Å². The molecule has 0 unspecified atom stereocenters. The molecule has 0 aromatic carbocycles. The van der Waals surface area contributed by atoms with Crippen LogP contribution in [-0.2, 0) is 4.79 Å². The van der Waals surface area contributed by atoms with E-state index in [1.807, 2.05) is 6.08 Å².